The van der Waals surface area contributed by atoms with Crippen molar-refractivity contribution in [3.8, 4) is 0 Å². The van der Waals surface area contributed by atoms with E-state index in [2.05, 4.69) is 6.58 Å². The second-order valence-corrected chi connectivity index (χ2v) is 7.22. The highest BCUT2D eigenvalue weighted by molar-refractivity contribution is 5.87. The predicted molar refractivity (Wildman–Crippen MR) is 88.8 cm³/mol. The Morgan fingerprint density at radius 1 is 1.13 bits per heavy atom. The van der Waals surface area contributed by atoms with E-state index >= 15 is 0 Å². The molecule has 1 heterocycles. The first-order valence-electron chi connectivity index (χ1n) is 9.06. The molecule has 4 nitrogen and oxygen atoms in total. The first-order chi connectivity index (χ1) is 11.0. The zero-order valence-corrected chi connectivity index (χ0v) is 14.4. The first kappa shape index (κ1) is 18.0. The van der Waals surface area contributed by atoms with E-state index in [0.29, 0.717) is 24.5 Å². The summed E-state index contributed by atoms with van der Waals surface area (Å²) in [6.07, 6.45) is 11.1. The molecule has 2 aliphatic rings. The van der Waals surface area contributed by atoms with Crippen LogP contribution in [0.5, 0.6) is 0 Å². The van der Waals surface area contributed by atoms with E-state index in [9.17, 15) is 9.59 Å². The number of rotatable bonds is 8. The Labute approximate surface area is 139 Å². The Kier molecular flexibility index (Phi) is 7.13. The third-order valence-corrected chi connectivity index (χ3v) is 5.08. The van der Waals surface area contributed by atoms with Crippen molar-refractivity contribution in [1.29, 1.82) is 0 Å². The average Bonchev–Trinajstić information content (AvgIpc) is 2.94. The predicted octanol–water partition coefficient (Wildman–Crippen LogP) is 4.18. The van der Waals surface area contributed by atoms with Crippen LogP contribution < -0.4 is 0 Å². The minimum Gasteiger partial charge on any atom is -0.465 e. The highest BCUT2D eigenvalue weighted by Crippen LogP contribution is 2.30. The molecule has 0 amide bonds. The number of unbranched alkanes of at least 4 members (excludes halogenated alkanes) is 2. The second-order valence-electron chi connectivity index (χ2n) is 7.22. The van der Waals surface area contributed by atoms with Gasteiger partial charge in [-0.05, 0) is 44.9 Å². The number of carbonyl (C=O) groups is 2. The smallest absolute Gasteiger partial charge is 0.333 e. The van der Waals surface area contributed by atoms with Gasteiger partial charge >= 0.3 is 11.9 Å². The van der Waals surface area contributed by atoms with Gasteiger partial charge in [0.25, 0.3) is 0 Å². The monoisotopic (exact) mass is 322 g/mol. The maximum Gasteiger partial charge on any atom is 0.333 e. The molecule has 0 radical (unpaired) electrons. The molecule has 0 N–H and O–H groups in total. The lowest BCUT2D eigenvalue weighted by Crippen LogP contribution is -2.24. The minimum atomic E-state index is -0.247. The quantitative estimate of drug-likeness (QED) is 0.382. The van der Waals surface area contributed by atoms with Gasteiger partial charge in [0, 0.05) is 11.5 Å². The van der Waals surface area contributed by atoms with Crippen LogP contribution in [0.1, 0.15) is 71.1 Å². The van der Waals surface area contributed by atoms with Crippen LogP contribution >= 0.6 is 0 Å². The van der Waals surface area contributed by atoms with Crippen molar-refractivity contribution in [2.45, 2.75) is 77.2 Å². The number of hydrogen-bond donors (Lipinski definition) is 0. The molecule has 4 heteroatoms. The van der Waals surface area contributed by atoms with E-state index < -0.39 is 0 Å². The lowest BCUT2D eigenvalue weighted by molar-refractivity contribution is -0.146. The largest absolute Gasteiger partial charge is 0.465 e. The van der Waals surface area contributed by atoms with Crippen LogP contribution in [0.2, 0.25) is 0 Å². The van der Waals surface area contributed by atoms with Crippen LogP contribution in [0.15, 0.2) is 12.2 Å². The Bertz CT molecular complexity index is 421. The summed E-state index contributed by atoms with van der Waals surface area (Å²) in [5.74, 6) is 0.967. The minimum absolute atomic E-state index is 0.0286. The Balaban J connectivity index is 1.49. The van der Waals surface area contributed by atoms with Crippen LogP contribution in [0.3, 0.4) is 0 Å². The molecule has 1 saturated carbocycles. The topological polar surface area (TPSA) is 52.6 Å². The van der Waals surface area contributed by atoms with Crippen molar-refractivity contribution in [1.82, 2.24) is 0 Å². The van der Waals surface area contributed by atoms with Gasteiger partial charge in [-0.2, -0.15) is 0 Å². The van der Waals surface area contributed by atoms with Crippen molar-refractivity contribution >= 4 is 11.9 Å². The van der Waals surface area contributed by atoms with Gasteiger partial charge in [-0.3, -0.25) is 4.79 Å². The van der Waals surface area contributed by atoms with Gasteiger partial charge in [-0.15, -0.1) is 0 Å². The zero-order valence-electron chi connectivity index (χ0n) is 14.4. The average molecular weight is 322 g/mol. The van der Waals surface area contributed by atoms with Crippen LogP contribution in [0.25, 0.3) is 0 Å². The molecule has 2 rings (SSSR count). The Morgan fingerprint density at radius 2 is 1.78 bits per heavy atom. The molecule has 0 spiro atoms. The van der Waals surface area contributed by atoms with Crippen LogP contribution in [-0.2, 0) is 19.1 Å². The van der Waals surface area contributed by atoms with E-state index in [1.54, 1.807) is 6.92 Å². The molecule has 0 aromatic rings. The van der Waals surface area contributed by atoms with Gasteiger partial charge in [-0.1, -0.05) is 32.3 Å². The summed E-state index contributed by atoms with van der Waals surface area (Å²) in [6.45, 7) is 5.95. The number of cyclic esters (lactones) is 1. The third kappa shape index (κ3) is 6.36. The molecule has 23 heavy (non-hydrogen) atoms. The maximum atomic E-state index is 11.5. The fourth-order valence-corrected chi connectivity index (χ4v) is 3.58. The van der Waals surface area contributed by atoms with Gasteiger partial charge in [-0.25, -0.2) is 4.79 Å². The van der Waals surface area contributed by atoms with E-state index in [0.717, 1.165) is 25.2 Å². The molecule has 1 unspecified atom stereocenters. The summed E-state index contributed by atoms with van der Waals surface area (Å²) in [4.78, 5) is 22.5. The maximum absolute atomic E-state index is 11.5. The summed E-state index contributed by atoms with van der Waals surface area (Å²) in [7, 11) is 0. The molecule has 1 saturated heterocycles. The second kappa shape index (κ2) is 9.09. The molecule has 1 aliphatic heterocycles. The van der Waals surface area contributed by atoms with Gasteiger partial charge in [0.1, 0.15) is 6.10 Å². The summed E-state index contributed by atoms with van der Waals surface area (Å²) in [5, 5.41) is 0. The standard InChI is InChI=1S/C19H30O4/c1-14(2)19(21)23-17-10-8-15(9-11-17)6-4-3-5-7-16-12-18(20)22-13-16/h15-17H,1,3-13H2,2H3. The molecular weight excluding hydrogens is 292 g/mol. The van der Waals surface area contributed by atoms with Gasteiger partial charge in [0.05, 0.1) is 13.0 Å². The molecular formula is C19H30O4. The Morgan fingerprint density at radius 3 is 2.35 bits per heavy atom. The fourth-order valence-electron chi connectivity index (χ4n) is 3.58. The van der Waals surface area contributed by atoms with Crippen molar-refractivity contribution < 1.29 is 19.1 Å². The summed E-state index contributed by atoms with van der Waals surface area (Å²) >= 11 is 0. The SMILES string of the molecule is C=C(C)C(=O)OC1CCC(CCCCCC2COC(=O)C2)CC1. The van der Waals surface area contributed by atoms with Gasteiger partial charge < -0.3 is 9.47 Å². The lowest BCUT2D eigenvalue weighted by atomic mass is 9.84. The van der Waals surface area contributed by atoms with Gasteiger partial charge in [0.2, 0.25) is 0 Å². The van der Waals surface area contributed by atoms with Crippen molar-refractivity contribution in [3.63, 3.8) is 0 Å². The molecule has 1 aliphatic carbocycles. The first-order valence-corrected chi connectivity index (χ1v) is 9.06. The van der Waals surface area contributed by atoms with Crippen molar-refractivity contribution in [2.75, 3.05) is 6.61 Å². The molecule has 1 atom stereocenters. The number of ether oxygens (including phenoxy) is 2. The lowest BCUT2D eigenvalue weighted by Gasteiger charge is -2.28. The summed E-state index contributed by atoms with van der Waals surface area (Å²) < 4.78 is 10.4. The van der Waals surface area contributed by atoms with Crippen LogP contribution in [-0.4, -0.2) is 24.6 Å². The Hall–Kier alpha value is -1.32. The normalized spacial score (nSPS) is 27.5. The molecule has 0 aromatic carbocycles. The molecule has 0 bridgehead atoms. The molecule has 130 valence electrons. The number of esters is 2. The fraction of sp³-hybridized carbons (Fsp3) is 0.789. The summed E-state index contributed by atoms with van der Waals surface area (Å²) in [5.41, 5.74) is 0.487. The van der Waals surface area contributed by atoms with E-state index in [1.807, 2.05) is 0 Å². The highest BCUT2D eigenvalue weighted by Gasteiger charge is 2.24. The zero-order chi connectivity index (χ0) is 16.7. The molecule has 0 aromatic heterocycles. The van der Waals surface area contributed by atoms with Crippen LogP contribution in [0.4, 0.5) is 0 Å². The number of carbonyl (C=O) groups excluding carboxylic acids is 2. The van der Waals surface area contributed by atoms with Crippen LogP contribution in [0, 0.1) is 11.8 Å². The molecule has 2 fully saturated rings. The van der Waals surface area contributed by atoms with Gasteiger partial charge in [0.15, 0.2) is 0 Å². The third-order valence-electron chi connectivity index (χ3n) is 5.08. The van der Waals surface area contributed by atoms with E-state index in [4.69, 9.17) is 9.47 Å². The van der Waals surface area contributed by atoms with E-state index in [-0.39, 0.29) is 18.0 Å². The van der Waals surface area contributed by atoms with Crippen molar-refractivity contribution in [2.24, 2.45) is 11.8 Å². The van der Waals surface area contributed by atoms with E-state index in [1.165, 1.54) is 38.5 Å². The summed E-state index contributed by atoms with van der Waals surface area (Å²) in [6, 6.07) is 0. The van der Waals surface area contributed by atoms with Crippen molar-refractivity contribution in [3.05, 3.63) is 12.2 Å². The highest BCUT2D eigenvalue weighted by atomic mass is 16.5. The number of hydrogen-bond acceptors (Lipinski definition) is 4.